The van der Waals surface area contributed by atoms with E-state index in [-0.39, 0.29) is 10.9 Å². The zero-order valence-corrected chi connectivity index (χ0v) is 11.3. The van der Waals surface area contributed by atoms with Gasteiger partial charge in [0, 0.05) is 18.0 Å². The molecule has 2 heterocycles. The average molecular weight is 317 g/mol. The minimum Gasteiger partial charge on any atom is -0.346 e. The number of nitrogens with one attached hydrogen (secondary N) is 2. The first kappa shape index (κ1) is 15.3. The van der Waals surface area contributed by atoms with Crippen LogP contribution in [0.3, 0.4) is 0 Å². The monoisotopic (exact) mass is 317 g/mol. The first-order valence-electron chi connectivity index (χ1n) is 5.73. The molecule has 0 spiro atoms. The highest BCUT2D eigenvalue weighted by Gasteiger charge is 2.27. The van der Waals surface area contributed by atoms with Gasteiger partial charge < -0.3 is 5.32 Å². The van der Waals surface area contributed by atoms with Crippen LogP contribution in [0.4, 0.5) is 13.2 Å². The van der Waals surface area contributed by atoms with E-state index in [0.717, 1.165) is 17.3 Å². The van der Waals surface area contributed by atoms with Crippen molar-refractivity contribution in [3.8, 4) is 11.4 Å². The first-order chi connectivity index (χ1) is 9.94. The van der Waals surface area contributed by atoms with Crippen molar-refractivity contribution in [1.82, 2.24) is 25.5 Å². The molecule has 0 aliphatic rings. The number of thioether (sulfide) groups is 1. The highest BCUT2D eigenvalue weighted by Crippen LogP contribution is 2.18. The summed E-state index contributed by atoms with van der Waals surface area (Å²) in [6, 6.07) is 3.45. The van der Waals surface area contributed by atoms with E-state index in [1.165, 1.54) is 0 Å². The molecule has 0 radical (unpaired) electrons. The number of nitrogens with zero attached hydrogens (tertiary/aromatic N) is 3. The smallest absolute Gasteiger partial charge is 0.346 e. The molecule has 0 aromatic carbocycles. The van der Waals surface area contributed by atoms with Gasteiger partial charge in [0.25, 0.3) is 0 Å². The van der Waals surface area contributed by atoms with Gasteiger partial charge in [-0.1, -0.05) is 11.8 Å². The molecular formula is C11H10F3N5OS. The van der Waals surface area contributed by atoms with E-state index in [0.29, 0.717) is 5.82 Å². The van der Waals surface area contributed by atoms with Crippen molar-refractivity contribution in [2.24, 2.45) is 0 Å². The molecule has 6 nitrogen and oxygen atoms in total. The van der Waals surface area contributed by atoms with Gasteiger partial charge in [-0.2, -0.15) is 13.2 Å². The molecule has 2 aromatic rings. The van der Waals surface area contributed by atoms with Gasteiger partial charge in [0.05, 0.1) is 5.75 Å². The maximum Gasteiger partial charge on any atom is 0.405 e. The molecular weight excluding hydrogens is 307 g/mol. The number of alkyl halides is 3. The van der Waals surface area contributed by atoms with Crippen LogP contribution < -0.4 is 5.32 Å². The maximum atomic E-state index is 11.9. The summed E-state index contributed by atoms with van der Waals surface area (Å²) in [6.07, 6.45) is -1.23. The highest BCUT2D eigenvalue weighted by atomic mass is 32.2. The molecule has 2 aromatic heterocycles. The van der Waals surface area contributed by atoms with Crippen LogP contribution in [0.5, 0.6) is 0 Å². The SMILES string of the molecule is O=C(CSc1n[nH]c(-c2ccncc2)n1)NCC(F)(F)F. The van der Waals surface area contributed by atoms with Gasteiger partial charge in [0.1, 0.15) is 6.54 Å². The second-order valence-electron chi connectivity index (χ2n) is 3.88. The molecule has 0 bridgehead atoms. The molecule has 2 N–H and O–H groups in total. The third-order valence-electron chi connectivity index (χ3n) is 2.24. The number of aromatic nitrogens is 4. The van der Waals surface area contributed by atoms with E-state index in [1.54, 1.807) is 29.8 Å². The van der Waals surface area contributed by atoms with Gasteiger partial charge in [0.15, 0.2) is 5.82 Å². The molecule has 10 heteroatoms. The Labute approximate surface area is 121 Å². The minimum absolute atomic E-state index is 0.191. The highest BCUT2D eigenvalue weighted by molar-refractivity contribution is 7.99. The summed E-state index contributed by atoms with van der Waals surface area (Å²) >= 11 is 0.946. The van der Waals surface area contributed by atoms with Gasteiger partial charge in [-0.25, -0.2) is 4.98 Å². The Balaban J connectivity index is 1.85. The molecule has 21 heavy (non-hydrogen) atoms. The molecule has 0 aliphatic carbocycles. The van der Waals surface area contributed by atoms with Crippen molar-refractivity contribution in [3.05, 3.63) is 24.5 Å². The number of amides is 1. The quantitative estimate of drug-likeness (QED) is 0.819. The van der Waals surface area contributed by atoms with Crippen LogP contribution >= 0.6 is 11.8 Å². The Bertz CT molecular complexity index is 601. The predicted octanol–water partition coefficient (Wildman–Crippen LogP) is 1.64. The van der Waals surface area contributed by atoms with Gasteiger partial charge in [0.2, 0.25) is 11.1 Å². The van der Waals surface area contributed by atoms with Gasteiger partial charge >= 0.3 is 6.18 Å². The fourth-order valence-corrected chi connectivity index (χ4v) is 1.96. The first-order valence-corrected chi connectivity index (χ1v) is 6.71. The fraction of sp³-hybridized carbons (Fsp3) is 0.273. The third kappa shape index (κ3) is 5.06. The lowest BCUT2D eigenvalue weighted by atomic mass is 10.3. The molecule has 0 aliphatic heterocycles. The van der Waals surface area contributed by atoms with Crippen LogP contribution in [-0.2, 0) is 4.79 Å². The number of carbonyl (C=O) groups is 1. The van der Waals surface area contributed by atoms with Crippen LogP contribution in [0.15, 0.2) is 29.7 Å². The number of H-pyrrole nitrogens is 1. The standard InChI is InChI=1S/C11H10F3N5OS/c12-11(13,14)6-16-8(20)5-21-10-17-9(18-19-10)7-1-3-15-4-2-7/h1-4H,5-6H2,(H,16,20)(H,17,18,19). The van der Waals surface area contributed by atoms with Crippen molar-refractivity contribution in [3.63, 3.8) is 0 Å². The second-order valence-corrected chi connectivity index (χ2v) is 4.83. The zero-order chi connectivity index (χ0) is 15.3. The Morgan fingerprint density at radius 2 is 2.05 bits per heavy atom. The van der Waals surface area contributed by atoms with Crippen LogP contribution in [0.2, 0.25) is 0 Å². The molecule has 0 saturated carbocycles. The summed E-state index contributed by atoms with van der Waals surface area (Å²) in [5.74, 6) is -0.424. The lowest BCUT2D eigenvalue weighted by Gasteiger charge is -2.07. The number of hydrogen-bond acceptors (Lipinski definition) is 5. The molecule has 0 unspecified atom stereocenters. The van der Waals surface area contributed by atoms with E-state index < -0.39 is 18.6 Å². The lowest BCUT2D eigenvalue weighted by molar-refractivity contribution is -0.136. The van der Waals surface area contributed by atoms with E-state index >= 15 is 0 Å². The molecule has 1 amide bonds. The number of rotatable bonds is 5. The summed E-state index contributed by atoms with van der Waals surface area (Å²) in [4.78, 5) is 19.2. The molecule has 0 saturated heterocycles. The maximum absolute atomic E-state index is 11.9. The molecule has 2 rings (SSSR count). The lowest BCUT2D eigenvalue weighted by Crippen LogP contribution is -2.34. The second kappa shape index (κ2) is 6.57. The Morgan fingerprint density at radius 3 is 2.71 bits per heavy atom. The largest absolute Gasteiger partial charge is 0.405 e. The average Bonchev–Trinajstić information content (AvgIpc) is 2.92. The number of carbonyl (C=O) groups excluding carboxylic acids is 1. The Kier molecular flexibility index (Phi) is 4.78. The zero-order valence-electron chi connectivity index (χ0n) is 10.5. The predicted molar refractivity (Wildman–Crippen MR) is 69.4 cm³/mol. The molecule has 112 valence electrons. The van der Waals surface area contributed by atoms with Crippen LogP contribution in [0.1, 0.15) is 0 Å². The summed E-state index contributed by atoms with van der Waals surface area (Å²) in [7, 11) is 0. The summed E-state index contributed by atoms with van der Waals surface area (Å²) in [6.45, 7) is -1.34. The summed E-state index contributed by atoms with van der Waals surface area (Å²) < 4.78 is 35.7. The van der Waals surface area contributed by atoms with Crippen LogP contribution in [0, 0.1) is 0 Å². The summed E-state index contributed by atoms with van der Waals surface area (Å²) in [5, 5.41) is 8.61. The fourth-order valence-electron chi connectivity index (χ4n) is 1.33. The van der Waals surface area contributed by atoms with Gasteiger partial charge in [-0.3, -0.25) is 14.9 Å². The van der Waals surface area contributed by atoms with Crippen molar-refractivity contribution in [2.45, 2.75) is 11.3 Å². The van der Waals surface area contributed by atoms with Gasteiger partial charge in [-0.15, -0.1) is 5.10 Å². The normalized spacial score (nSPS) is 11.4. The van der Waals surface area contributed by atoms with E-state index in [4.69, 9.17) is 0 Å². The number of pyridine rings is 1. The Morgan fingerprint density at radius 1 is 1.33 bits per heavy atom. The van der Waals surface area contributed by atoms with Crippen molar-refractivity contribution >= 4 is 17.7 Å². The van der Waals surface area contributed by atoms with Crippen molar-refractivity contribution < 1.29 is 18.0 Å². The van der Waals surface area contributed by atoms with E-state index in [1.807, 2.05) is 0 Å². The summed E-state index contributed by atoms with van der Waals surface area (Å²) in [5.41, 5.74) is 0.769. The number of halogens is 3. The van der Waals surface area contributed by atoms with Crippen molar-refractivity contribution in [1.29, 1.82) is 0 Å². The topological polar surface area (TPSA) is 83.6 Å². The molecule has 0 fully saturated rings. The van der Waals surface area contributed by atoms with E-state index in [9.17, 15) is 18.0 Å². The van der Waals surface area contributed by atoms with Crippen LogP contribution in [-0.4, -0.2) is 44.5 Å². The van der Waals surface area contributed by atoms with Crippen LogP contribution in [0.25, 0.3) is 11.4 Å². The number of aromatic amines is 1. The van der Waals surface area contributed by atoms with Gasteiger partial charge in [-0.05, 0) is 12.1 Å². The van der Waals surface area contributed by atoms with E-state index in [2.05, 4.69) is 20.2 Å². The minimum atomic E-state index is -4.42. The Hall–Kier alpha value is -2.10. The number of hydrogen-bond donors (Lipinski definition) is 2. The third-order valence-corrected chi connectivity index (χ3v) is 3.08. The van der Waals surface area contributed by atoms with Crippen molar-refractivity contribution in [2.75, 3.05) is 12.3 Å². The molecule has 0 atom stereocenters.